The van der Waals surface area contributed by atoms with Crippen LogP contribution >= 0.6 is 0 Å². The molecule has 4 heteroatoms. The Bertz CT molecular complexity index is 226. The minimum atomic E-state index is -1.13. The van der Waals surface area contributed by atoms with Crippen molar-refractivity contribution in [3.63, 3.8) is 0 Å². The molecule has 1 saturated heterocycles. The van der Waals surface area contributed by atoms with E-state index in [0.29, 0.717) is 26.0 Å². The van der Waals surface area contributed by atoms with Crippen LogP contribution in [0, 0.1) is 11.3 Å². The van der Waals surface area contributed by atoms with Crippen molar-refractivity contribution in [2.24, 2.45) is 0 Å². The second kappa shape index (κ2) is 4.35. The lowest BCUT2D eigenvalue weighted by atomic mass is 9.94. The third-order valence-electron chi connectivity index (χ3n) is 2.25. The van der Waals surface area contributed by atoms with Crippen molar-refractivity contribution in [2.75, 3.05) is 20.2 Å². The van der Waals surface area contributed by atoms with E-state index in [1.165, 1.54) is 0 Å². The predicted octanol–water partition coefficient (Wildman–Crippen LogP) is 0.238. The molecule has 1 fully saturated rings. The zero-order valence-corrected chi connectivity index (χ0v) is 7.80. The molecule has 1 atom stereocenters. The molecule has 0 aromatic heterocycles. The summed E-state index contributed by atoms with van der Waals surface area (Å²) in [5.41, 5.74) is -1.13. The summed E-state index contributed by atoms with van der Waals surface area (Å²) in [7, 11) is 1.78. The van der Waals surface area contributed by atoms with Gasteiger partial charge in [0.15, 0.2) is 5.78 Å². The summed E-state index contributed by atoms with van der Waals surface area (Å²) in [4.78, 5) is 11.6. The van der Waals surface area contributed by atoms with E-state index in [1.807, 2.05) is 6.07 Å². The highest BCUT2D eigenvalue weighted by atomic mass is 16.5. The zero-order chi connectivity index (χ0) is 9.73. The Hall–Kier alpha value is -0.920. The number of carbonyl (C=O) groups is 1. The lowest BCUT2D eigenvalue weighted by Gasteiger charge is -2.17. The number of rotatable bonds is 4. The fourth-order valence-electron chi connectivity index (χ4n) is 1.45. The number of nitrogens with zero attached hydrogens (tertiary/aromatic N) is 1. The van der Waals surface area contributed by atoms with Crippen LogP contribution < -0.4 is 5.32 Å². The largest absolute Gasteiger partial charge is 0.353 e. The number of Topliss-reactive ketones (excluding diaryl/α,β-unsaturated/α-hetero) is 1. The maximum absolute atomic E-state index is 11.6. The molecule has 0 aromatic rings. The Kier molecular flexibility index (Phi) is 3.40. The molecule has 1 unspecified atom stereocenters. The maximum Gasteiger partial charge on any atom is 0.212 e. The average molecular weight is 182 g/mol. The van der Waals surface area contributed by atoms with Crippen molar-refractivity contribution in [3.8, 4) is 6.07 Å². The maximum atomic E-state index is 11.6. The smallest absolute Gasteiger partial charge is 0.212 e. The minimum absolute atomic E-state index is 0.0955. The van der Waals surface area contributed by atoms with Gasteiger partial charge in [0.25, 0.3) is 0 Å². The van der Waals surface area contributed by atoms with Crippen molar-refractivity contribution in [3.05, 3.63) is 0 Å². The number of nitriles is 1. The summed E-state index contributed by atoms with van der Waals surface area (Å²) < 4.78 is 5.21. The highest BCUT2D eigenvalue weighted by Gasteiger charge is 2.41. The van der Waals surface area contributed by atoms with E-state index in [4.69, 9.17) is 10.00 Å². The van der Waals surface area contributed by atoms with Crippen LogP contribution in [0.25, 0.3) is 0 Å². The first-order valence-corrected chi connectivity index (χ1v) is 4.48. The topological polar surface area (TPSA) is 62.1 Å². The van der Waals surface area contributed by atoms with Gasteiger partial charge in [-0.15, -0.1) is 0 Å². The first-order chi connectivity index (χ1) is 6.25. The quantitative estimate of drug-likeness (QED) is 0.676. The Balaban J connectivity index is 2.56. The summed E-state index contributed by atoms with van der Waals surface area (Å²) >= 11 is 0. The third-order valence-corrected chi connectivity index (χ3v) is 2.25. The van der Waals surface area contributed by atoms with Crippen molar-refractivity contribution in [1.82, 2.24) is 5.32 Å². The first kappa shape index (κ1) is 10.2. The van der Waals surface area contributed by atoms with Crippen LogP contribution in [0.3, 0.4) is 0 Å². The summed E-state index contributed by atoms with van der Waals surface area (Å²) in [5.74, 6) is -0.0955. The van der Waals surface area contributed by atoms with Crippen LogP contribution in [0.15, 0.2) is 0 Å². The van der Waals surface area contributed by atoms with Gasteiger partial charge < -0.3 is 10.1 Å². The molecule has 72 valence electrons. The Morgan fingerprint density at radius 2 is 2.54 bits per heavy atom. The predicted molar refractivity (Wildman–Crippen MR) is 47.1 cm³/mol. The van der Waals surface area contributed by atoms with E-state index >= 15 is 0 Å². The highest BCUT2D eigenvalue weighted by Crippen LogP contribution is 2.26. The van der Waals surface area contributed by atoms with Gasteiger partial charge in [-0.3, -0.25) is 4.79 Å². The molecule has 1 heterocycles. The van der Waals surface area contributed by atoms with Crippen LogP contribution in [-0.2, 0) is 9.53 Å². The number of carbonyl (C=O) groups excluding carboxylic acids is 1. The molecule has 0 radical (unpaired) electrons. The first-order valence-electron chi connectivity index (χ1n) is 4.48. The van der Waals surface area contributed by atoms with Gasteiger partial charge in [0.05, 0.1) is 0 Å². The summed E-state index contributed by atoms with van der Waals surface area (Å²) in [6.45, 7) is 1.13. The monoisotopic (exact) mass is 182 g/mol. The fraction of sp³-hybridized carbons (Fsp3) is 0.778. The molecule has 1 rings (SSSR count). The van der Waals surface area contributed by atoms with Gasteiger partial charge in [0.2, 0.25) is 5.60 Å². The normalized spacial score (nSPS) is 27.1. The Morgan fingerprint density at radius 3 is 3.00 bits per heavy atom. The standard InChI is InChI=1S/C9H14N2O2/c1-11-5-3-8(12)9(7-10)4-2-6-13-9/h11H,2-6H2,1H3. The fourth-order valence-corrected chi connectivity index (χ4v) is 1.45. The van der Waals surface area contributed by atoms with Crippen LogP contribution in [-0.4, -0.2) is 31.6 Å². The van der Waals surface area contributed by atoms with Crippen LogP contribution in [0.5, 0.6) is 0 Å². The van der Waals surface area contributed by atoms with E-state index in [1.54, 1.807) is 7.05 Å². The number of ether oxygens (including phenoxy) is 1. The summed E-state index contributed by atoms with van der Waals surface area (Å²) in [6, 6.07) is 1.99. The van der Waals surface area contributed by atoms with Gasteiger partial charge in [-0.2, -0.15) is 5.26 Å². The number of hydrogen-bond acceptors (Lipinski definition) is 4. The molecule has 1 aliphatic rings. The lowest BCUT2D eigenvalue weighted by Crippen LogP contribution is -2.37. The zero-order valence-electron chi connectivity index (χ0n) is 7.80. The molecule has 0 spiro atoms. The SMILES string of the molecule is CNCCC(=O)C1(C#N)CCCO1. The molecule has 0 aliphatic carbocycles. The van der Waals surface area contributed by atoms with Crippen LogP contribution in [0.1, 0.15) is 19.3 Å². The lowest BCUT2D eigenvalue weighted by molar-refractivity contribution is -0.133. The molecule has 0 aromatic carbocycles. The van der Waals surface area contributed by atoms with E-state index in [9.17, 15) is 4.79 Å². The van der Waals surface area contributed by atoms with Crippen molar-refractivity contribution in [1.29, 1.82) is 5.26 Å². The minimum Gasteiger partial charge on any atom is -0.353 e. The Morgan fingerprint density at radius 1 is 1.77 bits per heavy atom. The van der Waals surface area contributed by atoms with Gasteiger partial charge in [0, 0.05) is 19.6 Å². The highest BCUT2D eigenvalue weighted by molar-refractivity contribution is 5.90. The molecule has 0 bridgehead atoms. The Labute approximate surface area is 77.9 Å². The molecule has 0 amide bonds. The van der Waals surface area contributed by atoms with Gasteiger partial charge in [-0.25, -0.2) is 0 Å². The molecule has 1 N–H and O–H groups in total. The third kappa shape index (κ3) is 2.06. The van der Waals surface area contributed by atoms with Crippen LogP contribution in [0.4, 0.5) is 0 Å². The van der Waals surface area contributed by atoms with E-state index in [-0.39, 0.29) is 5.78 Å². The van der Waals surface area contributed by atoms with Gasteiger partial charge in [-0.05, 0) is 19.9 Å². The molecular weight excluding hydrogens is 168 g/mol. The van der Waals surface area contributed by atoms with E-state index in [2.05, 4.69) is 5.32 Å². The molecule has 13 heavy (non-hydrogen) atoms. The number of nitrogens with one attached hydrogen (secondary N) is 1. The van der Waals surface area contributed by atoms with Gasteiger partial charge in [-0.1, -0.05) is 0 Å². The van der Waals surface area contributed by atoms with E-state index < -0.39 is 5.60 Å². The second-order valence-corrected chi connectivity index (χ2v) is 3.17. The molecular formula is C9H14N2O2. The summed E-state index contributed by atoms with van der Waals surface area (Å²) in [6.07, 6.45) is 1.72. The summed E-state index contributed by atoms with van der Waals surface area (Å²) in [5, 5.41) is 11.7. The average Bonchev–Trinajstić information content (AvgIpc) is 2.63. The van der Waals surface area contributed by atoms with Gasteiger partial charge >= 0.3 is 0 Å². The van der Waals surface area contributed by atoms with Crippen LogP contribution in [0.2, 0.25) is 0 Å². The molecule has 4 nitrogen and oxygen atoms in total. The van der Waals surface area contributed by atoms with Gasteiger partial charge in [0.1, 0.15) is 6.07 Å². The number of hydrogen-bond donors (Lipinski definition) is 1. The number of ketones is 1. The second-order valence-electron chi connectivity index (χ2n) is 3.17. The van der Waals surface area contributed by atoms with Crippen molar-refractivity contribution >= 4 is 5.78 Å². The molecule has 1 aliphatic heterocycles. The van der Waals surface area contributed by atoms with Crippen molar-refractivity contribution < 1.29 is 9.53 Å². The van der Waals surface area contributed by atoms with Crippen molar-refractivity contribution in [2.45, 2.75) is 24.9 Å². The van der Waals surface area contributed by atoms with E-state index in [0.717, 1.165) is 6.42 Å². The molecule has 0 saturated carbocycles.